The van der Waals surface area contributed by atoms with Crippen molar-refractivity contribution in [2.45, 2.75) is 26.4 Å². The van der Waals surface area contributed by atoms with Crippen molar-refractivity contribution in [1.29, 1.82) is 0 Å². The highest BCUT2D eigenvalue weighted by atomic mass is 35.5. The molecular formula is C22H22ClNO5. The highest BCUT2D eigenvalue weighted by Crippen LogP contribution is 2.33. The minimum Gasteiger partial charge on any atom is -0.492 e. The number of carbonyl (C=O) groups is 3. The second-order valence-electron chi connectivity index (χ2n) is 6.76. The topological polar surface area (TPSA) is 72.9 Å². The van der Waals surface area contributed by atoms with Gasteiger partial charge in [-0.15, -0.1) is 0 Å². The number of esters is 1. The van der Waals surface area contributed by atoms with Gasteiger partial charge in [0.2, 0.25) is 11.7 Å². The van der Waals surface area contributed by atoms with E-state index in [9.17, 15) is 14.4 Å². The Hall–Kier alpha value is -2.86. The van der Waals surface area contributed by atoms with E-state index in [0.29, 0.717) is 28.6 Å². The van der Waals surface area contributed by atoms with Gasteiger partial charge in [-0.25, -0.2) is 0 Å². The number of hydrogen-bond acceptors (Lipinski definition) is 5. The van der Waals surface area contributed by atoms with Crippen molar-refractivity contribution in [1.82, 2.24) is 0 Å². The average molecular weight is 416 g/mol. The van der Waals surface area contributed by atoms with Crippen LogP contribution < -0.4 is 9.64 Å². The largest absolute Gasteiger partial charge is 0.492 e. The third-order valence-electron chi connectivity index (χ3n) is 4.71. The third kappa shape index (κ3) is 4.77. The first-order valence-corrected chi connectivity index (χ1v) is 9.81. The number of ether oxygens (including phenoxy) is 2. The zero-order valence-electron chi connectivity index (χ0n) is 16.3. The second-order valence-corrected chi connectivity index (χ2v) is 7.19. The standard InChI is InChI=1S/C22H22ClNO5/c1-3-28-19-7-5-4-6-18(19)24-13-16(12-20(24)25)22(27)29-14(2)21(26)15-8-10-17(23)11-9-15/h4-11,14,16H,3,12-13H2,1-2H3/t14-,16+/m1/s1. The lowest BCUT2D eigenvalue weighted by Gasteiger charge is -2.20. The first-order chi connectivity index (χ1) is 13.9. The van der Waals surface area contributed by atoms with Crippen LogP contribution in [0.4, 0.5) is 5.69 Å². The lowest BCUT2D eigenvalue weighted by atomic mass is 10.1. The maximum atomic E-state index is 12.6. The second kappa shape index (κ2) is 9.09. The Bertz CT molecular complexity index is 912. The molecule has 0 unspecified atom stereocenters. The average Bonchev–Trinajstić information content (AvgIpc) is 3.10. The molecule has 1 aliphatic rings. The van der Waals surface area contributed by atoms with Crippen LogP contribution in [0.3, 0.4) is 0 Å². The minimum absolute atomic E-state index is 0.0289. The molecule has 1 saturated heterocycles. The van der Waals surface area contributed by atoms with Gasteiger partial charge in [-0.1, -0.05) is 23.7 Å². The van der Waals surface area contributed by atoms with Gasteiger partial charge in [0.15, 0.2) is 6.10 Å². The van der Waals surface area contributed by atoms with Crippen LogP contribution in [0.5, 0.6) is 5.75 Å². The summed E-state index contributed by atoms with van der Waals surface area (Å²) in [6.45, 7) is 4.04. The Labute approximate surface area is 174 Å². The Kier molecular flexibility index (Phi) is 6.54. The van der Waals surface area contributed by atoms with E-state index < -0.39 is 18.0 Å². The number of anilines is 1. The Morgan fingerprint density at radius 2 is 1.86 bits per heavy atom. The van der Waals surface area contributed by atoms with E-state index in [1.54, 1.807) is 36.4 Å². The molecular weight excluding hydrogens is 394 g/mol. The molecule has 0 bridgehead atoms. The number of ketones is 1. The van der Waals surface area contributed by atoms with Gasteiger partial charge < -0.3 is 14.4 Å². The molecule has 2 aromatic carbocycles. The molecule has 1 amide bonds. The van der Waals surface area contributed by atoms with Gasteiger partial charge in [-0.05, 0) is 50.2 Å². The summed E-state index contributed by atoms with van der Waals surface area (Å²) in [5, 5.41) is 0.517. The number of para-hydroxylation sites is 2. The SMILES string of the molecule is CCOc1ccccc1N1C[C@@H](C(=O)O[C@H](C)C(=O)c2ccc(Cl)cc2)CC1=O. The van der Waals surface area contributed by atoms with Crippen LogP contribution in [0, 0.1) is 5.92 Å². The molecule has 0 N–H and O–H groups in total. The van der Waals surface area contributed by atoms with Crippen LogP contribution in [0.1, 0.15) is 30.6 Å². The zero-order valence-corrected chi connectivity index (χ0v) is 17.0. The molecule has 152 valence electrons. The van der Waals surface area contributed by atoms with Crippen molar-refractivity contribution in [3.05, 3.63) is 59.1 Å². The van der Waals surface area contributed by atoms with E-state index in [4.69, 9.17) is 21.1 Å². The van der Waals surface area contributed by atoms with Crippen molar-refractivity contribution >= 4 is 34.9 Å². The smallest absolute Gasteiger partial charge is 0.312 e. The van der Waals surface area contributed by atoms with E-state index >= 15 is 0 Å². The number of nitrogens with zero attached hydrogens (tertiary/aromatic N) is 1. The van der Waals surface area contributed by atoms with Crippen LogP contribution in [-0.4, -0.2) is 36.9 Å². The number of halogens is 1. The van der Waals surface area contributed by atoms with Gasteiger partial charge in [0.1, 0.15) is 5.75 Å². The monoisotopic (exact) mass is 415 g/mol. The van der Waals surface area contributed by atoms with Crippen LogP contribution in [0.15, 0.2) is 48.5 Å². The molecule has 0 spiro atoms. The van der Waals surface area contributed by atoms with Gasteiger partial charge in [-0.2, -0.15) is 0 Å². The van der Waals surface area contributed by atoms with E-state index in [1.807, 2.05) is 19.1 Å². The minimum atomic E-state index is -0.955. The van der Waals surface area contributed by atoms with Crippen LogP contribution >= 0.6 is 11.6 Å². The summed E-state index contributed by atoms with van der Waals surface area (Å²) < 4.78 is 10.9. The van der Waals surface area contributed by atoms with Crippen molar-refractivity contribution in [2.24, 2.45) is 5.92 Å². The van der Waals surface area contributed by atoms with E-state index in [0.717, 1.165) is 0 Å². The summed E-state index contributed by atoms with van der Waals surface area (Å²) in [5.41, 5.74) is 1.03. The summed E-state index contributed by atoms with van der Waals surface area (Å²) in [6, 6.07) is 13.6. The van der Waals surface area contributed by atoms with Gasteiger partial charge in [0.05, 0.1) is 18.2 Å². The first-order valence-electron chi connectivity index (χ1n) is 9.43. The van der Waals surface area contributed by atoms with Gasteiger partial charge in [0.25, 0.3) is 0 Å². The lowest BCUT2D eigenvalue weighted by Crippen LogP contribution is -2.30. The maximum Gasteiger partial charge on any atom is 0.312 e. The molecule has 1 fully saturated rings. The van der Waals surface area contributed by atoms with Crippen molar-refractivity contribution in [3.63, 3.8) is 0 Å². The normalized spacial score (nSPS) is 17.1. The molecule has 7 heteroatoms. The molecule has 3 rings (SSSR count). The number of amides is 1. The van der Waals surface area contributed by atoms with E-state index in [-0.39, 0.29) is 24.7 Å². The van der Waals surface area contributed by atoms with Crippen LogP contribution in [0.25, 0.3) is 0 Å². The summed E-state index contributed by atoms with van der Waals surface area (Å²) in [4.78, 5) is 39.1. The predicted octanol–water partition coefficient (Wildman–Crippen LogP) is 3.91. The Morgan fingerprint density at radius 1 is 1.17 bits per heavy atom. The summed E-state index contributed by atoms with van der Waals surface area (Å²) in [5.74, 6) is -1.13. The van der Waals surface area contributed by atoms with Crippen molar-refractivity contribution in [2.75, 3.05) is 18.1 Å². The molecule has 6 nitrogen and oxygen atoms in total. The summed E-state index contributed by atoms with van der Waals surface area (Å²) >= 11 is 5.83. The Balaban J connectivity index is 1.66. The molecule has 1 heterocycles. The number of rotatable bonds is 7. The summed E-state index contributed by atoms with van der Waals surface area (Å²) in [6.07, 6.45) is -0.926. The van der Waals surface area contributed by atoms with Crippen molar-refractivity contribution < 1.29 is 23.9 Å². The lowest BCUT2D eigenvalue weighted by molar-refractivity contribution is -0.151. The molecule has 29 heavy (non-hydrogen) atoms. The van der Waals surface area contributed by atoms with E-state index in [1.165, 1.54) is 11.8 Å². The van der Waals surface area contributed by atoms with Gasteiger partial charge in [0, 0.05) is 23.6 Å². The third-order valence-corrected chi connectivity index (χ3v) is 4.96. The van der Waals surface area contributed by atoms with Crippen molar-refractivity contribution in [3.8, 4) is 5.75 Å². The molecule has 0 aromatic heterocycles. The zero-order chi connectivity index (χ0) is 21.0. The molecule has 0 aliphatic carbocycles. The highest BCUT2D eigenvalue weighted by molar-refractivity contribution is 6.30. The fourth-order valence-electron chi connectivity index (χ4n) is 3.23. The fourth-order valence-corrected chi connectivity index (χ4v) is 3.35. The number of hydrogen-bond donors (Lipinski definition) is 0. The van der Waals surface area contributed by atoms with Crippen LogP contribution in [0.2, 0.25) is 5.02 Å². The quantitative estimate of drug-likeness (QED) is 0.506. The predicted molar refractivity (Wildman–Crippen MR) is 109 cm³/mol. The molecule has 2 aromatic rings. The molecule has 0 radical (unpaired) electrons. The number of Topliss-reactive ketones (excluding diaryl/α,β-unsaturated/α-hetero) is 1. The number of carbonyl (C=O) groups excluding carboxylic acids is 3. The molecule has 2 atom stereocenters. The van der Waals surface area contributed by atoms with Gasteiger partial charge in [-0.3, -0.25) is 14.4 Å². The Morgan fingerprint density at radius 3 is 2.55 bits per heavy atom. The summed E-state index contributed by atoms with van der Waals surface area (Å²) in [7, 11) is 0. The highest BCUT2D eigenvalue weighted by Gasteiger charge is 2.38. The first kappa shape index (κ1) is 20.9. The molecule has 0 saturated carbocycles. The van der Waals surface area contributed by atoms with Crippen LogP contribution in [-0.2, 0) is 14.3 Å². The maximum absolute atomic E-state index is 12.6. The number of benzene rings is 2. The fraction of sp³-hybridized carbons (Fsp3) is 0.318. The molecule has 1 aliphatic heterocycles. The van der Waals surface area contributed by atoms with Gasteiger partial charge >= 0.3 is 5.97 Å². The van der Waals surface area contributed by atoms with E-state index in [2.05, 4.69) is 0 Å².